The van der Waals surface area contributed by atoms with Crippen LogP contribution in [-0.4, -0.2) is 30.1 Å². The Morgan fingerprint density at radius 1 is 1.33 bits per heavy atom. The number of hydrogen-bond donors (Lipinski definition) is 1. The Morgan fingerprint density at radius 2 is 2.06 bits per heavy atom. The van der Waals surface area contributed by atoms with Crippen molar-refractivity contribution in [1.29, 1.82) is 0 Å². The summed E-state index contributed by atoms with van der Waals surface area (Å²) >= 11 is 0. The van der Waals surface area contributed by atoms with Gasteiger partial charge in [0.15, 0.2) is 11.6 Å². The molecule has 2 bridgehead atoms. The van der Waals surface area contributed by atoms with Gasteiger partial charge in [-0.25, -0.2) is 9.37 Å². The Morgan fingerprint density at radius 3 is 2.72 bits per heavy atom. The van der Waals surface area contributed by atoms with Crippen LogP contribution < -0.4 is 10.2 Å². The number of anilines is 2. The predicted molar refractivity (Wildman–Crippen MR) is 69.2 cm³/mol. The van der Waals surface area contributed by atoms with Crippen LogP contribution in [0.3, 0.4) is 0 Å². The Kier molecular flexibility index (Phi) is 3.06. The Balaban J connectivity index is 1.85. The molecule has 2 atom stereocenters. The topological polar surface area (TPSA) is 41.1 Å². The number of halogens is 1. The van der Waals surface area contributed by atoms with Crippen LogP contribution >= 0.6 is 0 Å². The van der Waals surface area contributed by atoms with Crippen LogP contribution in [-0.2, 0) is 0 Å². The number of fused-ring (bicyclic) bond motifs is 2. The normalized spacial score (nSPS) is 27.1. The summed E-state index contributed by atoms with van der Waals surface area (Å²) in [5.41, 5.74) is 0. The van der Waals surface area contributed by atoms with E-state index >= 15 is 0 Å². The van der Waals surface area contributed by atoms with E-state index in [1.54, 1.807) is 7.05 Å². The quantitative estimate of drug-likeness (QED) is 0.874. The van der Waals surface area contributed by atoms with Crippen molar-refractivity contribution in [2.45, 2.75) is 25.7 Å². The second kappa shape index (κ2) is 4.71. The molecule has 0 amide bonds. The molecule has 2 unspecified atom stereocenters. The number of hydrogen-bond acceptors (Lipinski definition) is 4. The summed E-state index contributed by atoms with van der Waals surface area (Å²) < 4.78 is 13.9. The van der Waals surface area contributed by atoms with Gasteiger partial charge in [-0.1, -0.05) is 6.42 Å². The first kappa shape index (κ1) is 11.7. The molecule has 1 saturated carbocycles. The minimum atomic E-state index is -0.311. The molecule has 1 aromatic heterocycles. The molecule has 1 aliphatic carbocycles. The van der Waals surface area contributed by atoms with E-state index in [0.717, 1.165) is 13.1 Å². The first-order chi connectivity index (χ1) is 8.76. The van der Waals surface area contributed by atoms with Gasteiger partial charge in [-0.15, -0.1) is 0 Å². The van der Waals surface area contributed by atoms with E-state index in [2.05, 4.69) is 20.2 Å². The summed E-state index contributed by atoms with van der Waals surface area (Å²) in [6, 6.07) is 0. The van der Waals surface area contributed by atoms with Crippen molar-refractivity contribution in [3.05, 3.63) is 12.0 Å². The third-order valence-corrected chi connectivity index (χ3v) is 4.10. The van der Waals surface area contributed by atoms with E-state index in [-0.39, 0.29) is 5.82 Å². The van der Waals surface area contributed by atoms with E-state index in [4.69, 9.17) is 0 Å². The van der Waals surface area contributed by atoms with Gasteiger partial charge in [0.25, 0.3) is 0 Å². The van der Waals surface area contributed by atoms with Crippen molar-refractivity contribution in [2.75, 3.05) is 30.4 Å². The zero-order valence-corrected chi connectivity index (χ0v) is 10.7. The minimum absolute atomic E-state index is 0.311. The first-order valence-electron chi connectivity index (χ1n) is 6.71. The molecule has 0 aromatic carbocycles. The molecule has 1 aliphatic heterocycles. The van der Waals surface area contributed by atoms with Crippen molar-refractivity contribution >= 4 is 11.8 Å². The largest absolute Gasteiger partial charge is 0.357 e. The maximum atomic E-state index is 13.9. The second-order valence-electron chi connectivity index (χ2n) is 5.42. The predicted octanol–water partition coefficient (Wildman–Crippen LogP) is 2.28. The number of nitrogens with one attached hydrogen (secondary N) is 1. The van der Waals surface area contributed by atoms with Crippen LogP contribution in [0.1, 0.15) is 25.7 Å². The smallest absolute Gasteiger partial charge is 0.224 e. The fraction of sp³-hybridized carbons (Fsp3) is 0.692. The number of nitrogens with zero attached hydrogens (tertiary/aromatic N) is 3. The molecule has 1 aromatic rings. The van der Waals surface area contributed by atoms with Gasteiger partial charge in [-0.2, -0.15) is 4.98 Å². The second-order valence-corrected chi connectivity index (χ2v) is 5.42. The number of rotatable bonds is 2. The highest BCUT2D eigenvalue weighted by molar-refractivity contribution is 5.44. The lowest BCUT2D eigenvalue weighted by atomic mass is 9.78. The van der Waals surface area contributed by atoms with Crippen molar-refractivity contribution in [3.63, 3.8) is 0 Å². The molecular formula is C13H19FN4. The van der Waals surface area contributed by atoms with E-state index < -0.39 is 0 Å². The maximum Gasteiger partial charge on any atom is 0.224 e. The Hall–Kier alpha value is -1.39. The number of aromatic nitrogens is 2. The van der Waals surface area contributed by atoms with Gasteiger partial charge in [-0.3, -0.25) is 0 Å². The summed E-state index contributed by atoms with van der Waals surface area (Å²) in [4.78, 5) is 10.3. The molecule has 98 valence electrons. The average Bonchev–Trinajstić information content (AvgIpc) is 2.39. The van der Waals surface area contributed by atoms with Crippen LogP contribution in [0.25, 0.3) is 0 Å². The Bertz CT molecular complexity index is 425. The highest BCUT2D eigenvalue weighted by Crippen LogP contribution is 2.36. The molecule has 5 heteroatoms. The van der Waals surface area contributed by atoms with Gasteiger partial charge >= 0.3 is 0 Å². The van der Waals surface area contributed by atoms with Crippen molar-refractivity contribution in [1.82, 2.24) is 9.97 Å². The average molecular weight is 250 g/mol. The molecular weight excluding hydrogens is 231 g/mol. The summed E-state index contributed by atoms with van der Waals surface area (Å²) in [5.74, 6) is 2.07. The van der Waals surface area contributed by atoms with Gasteiger partial charge in [0, 0.05) is 20.1 Å². The highest BCUT2D eigenvalue weighted by Gasteiger charge is 2.32. The van der Waals surface area contributed by atoms with Gasteiger partial charge in [0.2, 0.25) is 5.95 Å². The van der Waals surface area contributed by atoms with Crippen molar-refractivity contribution in [2.24, 2.45) is 11.8 Å². The van der Waals surface area contributed by atoms with Crippen LogP contribution in [0.5, 0.6) is 0 Å². The first-order valence-corrected chi connectivity index (χ1v) is 6.71. The van der Waals surface area contributed by atoms with Crippen LogP contribution in [0, 0.1) is 17.7 Å². The summed E-state index contributed by atoms with van der Waals surface area (Å²) in [7, 11) is 1.75. The van der Waals surface area contributed by atoms with Crippen molar-refractivity contribution in [3.8, 4) is 0 Å². The van der Waals surface area contributed by atoms with Gasteiger partial charge in [0.05, 0.1) is 6.20 Å². The van der Waals surface area contributed by atoms with Crippen LogP contribution in [0.15, 0.2) is 6.20 Å². The van der Waals surface area contributed by atoms with Gasteiger partial charge in [0.1, 0.15) is 0 Å². The molecule has 0 radical (unpaired) electrons. The lowest BCUT2D eigenvalue weighted by molar-refractivity contribution is 0.229. The van der Waals surface area contributed by atoms with Crippen LogP contribution in [0.4, 0.5) is 16.2 Å². The fourth-order valence-corrected chi connectivity index (χ4v) is 3.31. The number of piperidine rings is 1. The molecule has 2 heterocycles. The molecule has 18 heavy (non-hydrogen) atoms. The molecule has 1 N–H and O–H groups in total. The van der Waals surface area contributed by atoms with Crippen molar-refractivity contribution < 1.29 is 4.39 Å². The van der Waals surface area contributed by atoms with E-state index in [1.807, 2.05) is 0 Å². The summed E-state index contributed by atoms with van der Waals surface area (Å²) in [6.07, 6.45) is 6.45. The van der Waals surface area contributed by atoms with Gasteiger partial charge < -0.3 is 10.2 Å². The summed E-state index contributed by atoms with van der Waals surface area (Å²) in [6.45, 7) is 1.88. The molecule has 2 fully saturated rings. The van der Waals surface area contributed by atoms with E-state index in [9.17, 15) is 4.39 Å². The molecule has 0 spiro atoms. The zero-order valence-electron chi connectivity index (χ0n) is 10.7. The lowest BCUT2D eigenvalue weighted by Gasteiger charge is -2.41. The van der Waals surface area contributed by atoms with Gasteiger partial charge in [-0.05, 0) is 31.1 Å². The fourth-order valence-electron chi connectivity index (χ4n) is 3.31. The summed E-state index contributed by atoms with van der Waals surface area (Å²) in [5, 5.41) is 2.87. The molecule has 4 nitrogen and oxygen atoms in total. The zero-order chi connectivity index (χ0) is 12.5. The molecule has 1 saturated heterocycles. The third-order valence-electron chi connectivity index (χ3n) is 4.10. The maximum absolute atomic E-state index is 13.9. The third kappa shape index (κ3) is 2.13. The Labute approximate surface area is 107 Å². The molecule has 2 aliphatic rings. The molecule has 3 rings (SSSR count). The van der Waals surface area contributed by atoms with E-state index in [0.29, 0.717) is 23.6 Å². The highest BCUT2D eigenvalue weighted by atomic mass is 19.1. The minimum Gasteiger partial charge on any atom is -0.357 e. The SMILES string of the molecule is CNc1ncc(F)c(N2CC3CCCC(C3)C2)n1. The lowest BCUT2D eigenvalue weighted by Crippen LogP contribution is -2.43. The van der Waals surface area contributed by atoms with Crippen LogP contribution in [0.2, 0.25) is 0 Å². The standard InChI is InChI=1S/C13H19FN4/c1-15-13-16-6-11(14)12(17-13)18-7-9-3-2-4-10(5-9)8-18/h6,9-10H,2-5,7-8H2,1H3,(H,15,16,17). The monoisotopic (exact) mass is 250 g/mol. The van der Waals surface area contributed by atoms with E-state index in [1.165, 1.54) is 31.9 Å².